The molecule has 0 atom stereocenters. The van der Waals surface area contributed by atoms with Crippen molar-refractivity contribution in [1.82, 2.24) is 0 Å². The molecule has 6 nitrogen and oxygen atoms in total. The summed E-state index contributed by atoms with van der Waals surface area (Å²) >= 11 is 0. The molecule has 0 bridgehead atoms. The summed E-state index contributed by atoms with van der Waals surface area (Å²) in [5, 5.41) is 7.22. The number of ether oxygens (including phenoxy) is 1. The fourth-order valence-corrected chi connectivity index (χ4v) is 1.72. The summed E-state index contributed by atoms with van der Waals surface area (Å²) in [6.07, 6.45) is 0. The molecule has 6 heteroatoms. The van der Waals surface area contributed by atoms with E-state index < -0.39 is 0 Å². The lowest BCUT2D eigenvalue weighted by Crippen LogP contribution is -2.22. The predicted molar refractivity (Wildman–Crippen MR) is 86.2 cm³/mol. The van der Waals surface area contributed by atoms with Crippen LogP contribution in [0.15, 0.2) is 64.8 Å². The van der Waals surface area contributed by atoms with Gasteiger partial charge in [-0.3, -0.25) is 0 Å². The number of nitrogens with two attached hydrogens (primary N) is 2. The van der Waals surface area contributed by atoms with Crippen LogP contribution in [-0.4, -0.2) is 11.8 Å². The second kappa shape index (κ2) is 7.45. The van der Waals surface area contributed by atoms with Gasteiger partial charge in [-0.25, -0.2) is 0 Å². The number of nitrogens with zero attached hydrogens (tertiary/aromatic N) is 3. The van der Waals surface area contributed by atoms with Crippen molar-refractivity contribution in [3.8, 4) is 5.75 Å². The molecule has 0 spiro atoms. The van der Waals surface area contributed by atoms with Crippen molar-refractivity contribution in [2.75, 3.05) is 0 Å². The van der Waals surface area contributed by atoms with Crippen LogP contribution in [-0.2, 0) is 6.61 Å². The monoisotopic (exact) mass is 293 g/mol. The van der Waals surface area contributed by atoms with E-state index >= 15 is 0 Å². The van der Waals surface area contributed by atoms with E-state index in [0.717, 1.165) is 5.56 Å². The molecule has 2 aromatic carbocycles. The minimum Gasteiger partial charge on any atom is -0.489 e. The number of benzene rings is 2. The average Bonchev–Trinajstić information content (AvgIpc) is 2.55. The quantitative estimate of drug-likeness (QED) is 0.383. The van der Waals surface area contributed by atoms with E-state index in [-0.39, 0.29) is 11.8 Å². The van der Waals surface area contributed by atoms with Crippen LogP contribution in [0.2, 0.25) is 0 Å². The zero-order valence-corrected chi connectivity index (χ0v) is 11.8. The van der Waals surface area contributed by atoms with Crippen LogP contribution >= 0.6 is 0 Å². The Morgan fingerprint density at radius 2 is 1.82 bits per heavy atom. The highest BCUT2D eigenvalue weighted by atomic mass is 16.5. The SMILES string of the molecule is [C-]#[N+]/C(=N\N=C(N)N)c1cccc(OCc2ccccc2)c1. The summed E-state index contributed by atoms with van der Waals surface area (Å²) < 4.78 is 5.71. The normalized spacial score (nSPS) is 10.6. The van der Waals surface area contributed by atoms with Crippen LogP contribution in [0.1, 0.15) is 11.1 Å². The molecule has 2 aromatic rings. The van der Waals surface area contributed by atoms with Crippen LogP contribution < -0.4 is 16.2 Å². The molecule has 0 aliphatic carbocycles. The fourth-order valence-electron chi connectivity index (χ4n) is 1.72. The van der Waals surface area contributed by atoms with Crippen molar-refractivity contribution in [3.63, 3.8) is 0 Å². The van der Waals surface area contributed by atoms with E-state index in [1.165, 1.54) is 0 Å². The Kier molecular flexibility index (Phi) is 5.10. The van der Waals surface area contributed by atoms with Gasteiger partial charge < -0.3 is 21.0 Å². The lowest BCUT2D eigenvalue weighted by Gasteiger charge is -2.07. The number of hydrogen-bond acceptors (Lipinski definition) is 3. The van der Waals surface area contributed by atoms with E-state index in [0.29, 0.717) is 17.9 Å². The first-order valence-corrected chi connectivity index (χ1v) is 6.50. The zero-order valence-electron chi connectivity index (χ0n) is 11.8. The topological polar surface area (TPSA) is 90.3 Å². The van der Waals surface area contributed by atoms with Gasteiger partial charge in [0.2, 0.25) is 5.96 Å². The molecule has 110 valence electrons. The number of guanidine groups is 1. The lowest BCUT2D eigenvalue weighted by molar-refractivity contribution is 0.306. The van der Waals surface area contributed by atoms with Crippen LogP contribution in [0, 0.1) is 6.57 Å². The molecule has 0 saturated heterocycles. The Hall–Kier alpha value is -3.33. The van der Waals surface area contributed by atoms with Gasteiger partial charge in [0.25, 0.3) is 0 Å². The second-order valence-corrected chi connectivity index (χ2v) is 4.36. The van der Waals surface area contributed by atoms with Gasteiger partial charge in [-0.2, -0.15) is 0 Å². The van der Waals surface area contributed by atoms with Gasteiger partial charge in [0.1, 0.15) is 12.4 Å². The third-order valence-electron chi connectivity index (χ3n) is 2.71. The maximum Gasteiger partial charge on any atom is 0.303 e. The van der Waals surface area contributed by atoms with Gasteiger partial charge in [-0.1, -0.05) is 49.0 Å². The fraction of sp³-hybridized carbons (Fsp3) is 0.0625. The van der Waals surface area contributed by atoms with Gasteiger partial charge in [-0.15, -0.1) is 0 Å². The molecular weight excluding hydrogens is 278 g/mol. The molecule has 0 amide bonds. The Morgan fingerprint density at radius 3 is 2.50 bits per heavy atom. The smallest absolute Gasteiger partial charge is 0.303 e. The lowest BCUT2D eigenvalue weighted by atomic mass is 10.2. The summed E-state index contributed by atoms with van der Waals surface area (Å²) in [5.41, 5.74) is 12.1. The van der Waals surface area contributed by atoms with Gasteiger partial charge in [-0.05, 0) is 22.8 Å². The van der Waals surface area contributed by atoms with Gasteiger partial charge in [0.15, 0.2) is 0 Å². The molecule has 22 heavy (non-hydrogen) atoms. The van der Waals surface area contributed by atoms with Crippen molar-refractivity contribution < 1.29 is 4.74 Å². The van der Waals surface area contributed by atoms with Crippen molar-refractivity contribution in [3.05, 3.63) is 77.1 Å². The first-order chi connectivity index (χ1) is 10.7. The molecule has 2 rings (SSSR count). The van der Waals surface area contributed by atoms with Crippen molar-refractivity contribution in [2.24, 2.45) is 21.7 Å². The standard InChI is InChI=1S/C16H15N5O/c1-19-15(20-21-16(17)18)13-8-5-9-14(10-13)22-11-12-6-3-2-4-7-12/h2-10H,11H2,(H4,17,18,21)/b20-15-. The molecule has 0 saturated carbocycles. The van der Waals surface area contributed by atoms with Gasteiger partial charge in [0.05, 0.1) is 0 Å². The minimum atomic E-state index is -0.197. The van der Waals surface area contributed by atoms with Crippen LogP contribution in [0.4, 0.5) is 0 Å². The molecule has 0 aromatic heterocycles. The Bertz CT molecular complexity index is 728. The van der Waals surface area contributed by atoms with E-state index in [2.05, 4.69) is 15.0 Å². The molecule has 0 fully saturated rings. The maximum atomic E-state index is 7.15. The summed E-state index contributed by atoms with van der Waals surface area (Å²) in [6, 6.07) is 16.9. The number of amidine groups is 1. The molecule has 0 heterocycles. The van der Waals surface area contributed by atoms with Crippen LogP contribution in [0.3, 0.4) is 0 Å². The van der Waals surface area contributed by atoms with E-state index in [4.69, 9.17) is 22.8 Å². The third kappa shape index (κ3) is 4.35. The zero-order chi connectivity index (χ0) is 15.8. The molecule has 0 aliphatic heterocycles. The summed E-state index contributed by atoms with van der Waals surface area (Å²) in [6.45, 7) is 7.60. The number of rotatable bonds is 5. The molecule has 0 radical (unpaired) electrons. The summed E-state index contributed by atoms with van der Waals surface area (Å²) in [4.78, 5) is 3.32. The van der Waals surface area contributed by atoms with Gasteiger partial charge in [0, 0.05) is 10.7 Å². The predicted octanol–water partition coefficient (Wildman–Crippen LogP) is 2.12. The van der Waals surface area contributed by atoms with Crippen molar-refractivity contribution in [2.45, 2.75) is 6.61 Å². The largest absolute Gasteiger partial charge is 0.489 e. The highest BCUT2D eigenvalue weighted by Crippen LogP contribution is 2.16. The van der Waals surface area contributed by atoms with Crippen LogP contribution in [0.25, 0.3) is 4.85 Å². The number of hydrogen-bond donors (Lipinski definition) is 2. The molecule has 0 aliphatic rings. The maximum absolute atomic E-state index is 7.15. The van der Waals surface area contributed by atoms with Gasteiger partial charge >= 0.3 is 5.84 Å². The molecule has 4 N–H and O–H groups in total. The molecular formula is C16H15N5O. The highest BCUT2D eigenvalue weighted by molar-refractivity contribution is 6.06. The Labute approximate surface area is 128 Å². The third-order valence-corrected chi connectivity index (χ3v) is 2.71. The molecule has 0 unspecified atom stereocenters. The highest BCUT2D eigenvalue weighted by Gasteiger charge is 2.05. The first kappa shape index (κ1) is 15.1. The Balaban J connectivity index is 2.14. The summed E-state index contributed by atoms with van der Waals surface area (Å²) in [7, 11) is 0. The summed E-state index contributed by atoms with van der Waals surface area (Å²) in [5.74, 6) is 0.540. The van der Waals surface area contributed by atoms with Crippen LogP contribution in [0.5, 0.6) is 5.75 Å². The van der Waals surface area contributed by atoms with E-state index in [1.807, 2.05) is 36.4 Å². The van der Waals surface area contributed by atoms with E-state index in [9.17, 15) is 0 Å². The van der Waals surface area contributed by atoms with Crippen molar-refractivity contribution in [1.29, 1.82) is 0 Å². The second-order valence-electron chi connectivity index (χ2n) is 4.36. The Morgan fingerprint density at radius 1 is 1.05 bits per heavy atom. The van der Waals surface area contributed by atoms with Crippen molar-refractivity contribution >= 4 is 11.8 Å². The average molecular weight is 293 g/mol. The van der Waals surface area contributed by atoms with E-state index in [1.54, 1.807) is 18.2 Å². The minimum absolute atomic E-state index is 0.0959. The first-order valence-electron chi connectivity index (χ1n) is 6.50.